The quantitative estimate of drug-likeness (QED) is 0.217. The standard InChI is InChI=1S/C30H34Cl2FN3O5S/c1-4-6-17-34-30(38)21(3)35(19-22-7-8-23(31)18-28(22)32)29(37)20-36(25-11-9-24(33)10-12-25)42(39,40)27-15-13-26(14-16-27)41-5-2/h7-16,18,21H,4-6,17,19-20H2,1-3H3,(H,34,38). The molecule has 1 unspecified atom stereocenters. The van der Waals surface area contributed by atoms with Crippen molar-refractivity contribution in [3.8, 4) is 5.75 Å². The Morgan fingerprint density at radius 2 is 1.67 bits per heavy atom. The van der Waals surface area contributed by atoms with Crippen LogP contribution in [0, 0.1) is 5.82 Å². The highest BCUT2D eigenvalue weighted by molar-refractivity contribution is 7.92. The summed E-state index contributed by atoms with van der Waals surface area (Å²) in [4.78, 5) is 28.2. The first-order chi connectivity index (χ1) is 20.0. The number of amides is 2. The van der Waals surface area contributed by atoms with E-state index in [1.807, 2.05) is 6.92 Å². The minimum atomic E-state index is -4.31. The maximum absolute atomic E-state index is 13.9. The molecule has 3 aromatic rings. The van der Waals surface area contributed by atoms with Gasteiger partial charge in [-0.05, 0) is 86.5 Å². The van der Waals surface area contributed by atoms with Gasteiger partial charge in [-0.3, -0.25) is 13.9 Å². The summed E-state index contributed by atoms with van der Waals surface area (Å²) in [5.74, 6) is -1.16. The normalized spacial score (nSPS) is 12.0. The smallest absolute Gasteiger partial charge is 0.264 e. The molecule has 0 saturated heterocycles. The van der Waals surface area contributed by atoms with E-state index in [2.05, 4.69) is 5.32 Å². The average Bonchev–Trinajstić information content (AvgIpc) is 2.96. The topological polar surface area (TPSA) is 96.0 Å². The van der Waals surface area contributed by atoms with E-state index in [0.717, 1.165) is 29.3 Å². The van der Waals surface area contributed by atoms with E-state index in [9.17, 15) is 22.4 Å². The van der Waals surface area contributed by atoms with Crippen LogP contribution in [0.1, 0.15) is 39.2 Å². The molecule has 2 amide bonds. The number of sulfonamides is 1. The average molecular weight is 639 g/mol. The SMILES string of the molecule is CCCCNC(=O)C(C)N(Cc1ccc(Cl)cc1Cl)C(=O)CN(c1ccc(F)cc1)S(=O)(=O)c1ccc(OCC)cc1. The zero-order valence-electron chi connectivity index (χ0n) is 23.6. The van der Waals surface area contributed by atoms with Crippen molar-refractivity contribution in [2.45, 2.75) is 51.1 Å². The van der Waals surface area contributed by atoms with Crippen LogP contribution < -0.4 is 14.4 Å². The fourth-order valence-electron chi connectivity index (χ4n) is 4.09. The van der Waals surface area contributed by atoms with Crippen LogP contribution in [0.2, 0.25) is 10.0 Å². The number of benzene rings is 3. The number of hydrogen-bond donors (Lipinski definition) is 1. The fourth-order valence-corrected chi connectivity index (χ4v) is 5.97. The molecule has 0 bridgehead atoms. The number of hydrogen-bond acceptors (Lipinski definition) is 5. The van der Waals surface area contributed by atoms with Crippen LogP contribution in [0.5, 0.6) is 5.75 Å². The number of ether oxygens (including phenoxy) is 1. The van der Waals surface area contributed by atoms with Crippen LogP contribution in [0.15, 0.2) is 71.6 Å². The van der Waals surface area contributed by atoms with Gasteiger partial charge in [0.25, 0.3) is 10.0 Å². The number of nitrogens with one attached hydrogen (secondary N) is 1. The monoisotopic (exact) mass is 637 g/mol. The molecule has 0 aliphatic carbocycles. The molecule has 0 saturated carbocycles. The van der Waals surface area contributed by atoms with Crippen LogP contribution in [0.3, 0.4) is 0 Å². The van der Waals surface area contributed by atoms with Gasteiger partial charge in [0.15, 0.2) is 0 Å². The summed E-state index contributed by atoms with van der Waals surface area (Å²) in [6.07, 6.45) is 1.63. The molecule has 0 spiro atoms. The molecule has 1 atom stereocenters. The number of nitrogens with zero attached hydrogens (tertiary/aromatic N) is 2. The van der Waals surface area contributed by atoms with Gasteiger partial charge < -0.3 is 15.0 Å². The molecular formula is C30H34Cl2FN3O5S. The van der Waals surface area contributed by atoms with Gasteiger partial charge in [0.1, 0.15) is 24.2 Å². The van der Waals surface area contributed by atoms with E-state index >= 15 is 0 Å². The van der Waals surface area contributed by atoms with Crippen molar-refractivity contribution in [1.82, 2.24) is 10.2 Å². The van der Waals surface area contributed by atoms with E-state index < -0.39 is 40.2 Å². The second kappa shape index (κ2) is 15.2. The van der Waals surface area contributed by atoms with E-state index in [4.69, 9.17) is 27.9 Å². The fraction of sp³-hybridized carbons (Fsp3) is 0.333. The predicted molar refractivity (Wildman–Crippen MR) is 163 cm³/mol. The van der Waals surface area contributed by atoms with Crippen LogP contribution in [0.25, 0.3) is 0 Å². The van der Waals surface area contributed by atoms with Gasteiger partial charge in [-0.25, -0.2) is 12.8 Å². The van der Waals surface area contributed by atoms with Crippen molar-refractivity contribution >= 4 is 50.7 Å². The lowest BCUT2D eigenvalue weighted by Crippen LogP contribution is -2.51. The van der Waals surface area contributed by atoms with Gasteiger partial charge in [0.2, 0.25) is 11.8 Å². The van der Waals surface area contributed by atoms with E-state index in [0.29, 0.717) is 29.5 Å². The van der Waals surface area contributed by atoms with Gasteiger partial charge in [-0.15, -0.1) is 0 Å². The number of carbonyl (C=O) groups is 2. The van der Waals surface area contributed by atoms with Gasteiger partial charge in [0, 0.05) is 23.1 Å². The van der Waals surface area contributed by atoms with Gasteiger partial charge in [-0.1, -0.05) is 42.6 Å². The molecule has 1 N–H and O–H groups in total. The Kier molecular flexibility index (Phi) is 12.0. The van der Waals surface area contributed by atoms with Crippen molar-refractivity contribution in [1.29, 1.82) is 0 Å². The summed E-state index contributed by atoms with van der Waals surface area (Å²) in [6.45, 7) is 5.43. The lowest BCUT2D eigenvalue weighted by atomic mass is 10.1. The van der Waals surface area contributed by atoms with Crippen LogP contribution >= 0.6 is 23.2 Å². The van der Waals surface area contributed by atoms with Crippen molar-refractivity contribution in [2.24, 2.45) is 0 Å². The van der Waals surface area contributed by atoms with Crippen LogP contribution in [-0.2, 0) is 26.2 Å². The zero-order valence-corrected chi connectivity index (χ0v) is 26.0. The minimum absolute atomic E-state index is 0.0724. The van der Waals surface area contributed by atoms with Crippen LogP contribution in [-0.4, -0.2) is 50.9 Å². The van der Waals surface area contributed by atoms with E-state index in [-0.39, 0.29) is 22.2 Å². The number of rotatable bonds is 14. The second-order valence-corrected chi connectivity index (χ2v) is 12.2. The lowest BCUT2D eigenvalue weighted by Gasteiger charge is -2.32. The Labute approximate surface area is 256 Å². The molecule has 0 fully saturated rings. The highest BCUT2D eigenvalue weighted by Gasteiger charge is 2.33. The number of unbranched alkanes of at least 4 members (excludes halogenated alkanes) is 1. The Morgan fingerprint density at radius 1 is 1.00 bits per heavy atom. The Morgan fingerprint density at radius 3 is 2.26 bits per heavy atom. The summed E-state index contributed by atoms with van der Waals surface area (Å²) in [5.41, 5.74) is 0.591. The third-order valence-electron chi connectivity index (χ3n) is 6.47. The van der Waals surface area contributed by atoms with Gasteiger partial charge in [0.05, 0.1) is 17.2 Å². The largest absolute Gasteiger partial charge is 0.494 e. The summed E-state index contributed by atoms with van der Waals surface area (Å²) in [6, 6.07) is 14.3. The summed E-state index contributed by atoms with van der Waals surface area (Å²) in [7, 11) is -4.31. The third-order valence-corrected chi connectivity index (χ3v) is 8.84. The molecule has 0 aliphatic rings. The first kappa shape index (κ1) is 33.2. The Balaban J connectivity index is 2.01. The van der Waals surface area contributed by atoms with Crippen molar-refractivity contribution in [3.05, 3.63) is 88.2 Å². The molecule has 0 radical (unpaired) electrons. The van der Waals surface area contributed by atoms with Gasteiger partial charge >= 0.3 is 0 Å². The summed E-state index contributed by atoms with van der Waals surface area (Å²) in [5, 5.41) is 3.51. The molecule has 3 aromatic carbocycles. The van der Waals surface area contributed by atoms with Crippen LogP contribution in [0.4, 0.5) is 10.1 Å². The molecular weight excluding hydrogens is 604 g/mol. The molecule has 0 aliphatic heterocycles. The molecule has 0 aromatic heterocycles. The zero-order chi connectivity index (χ0) is 30.9. The maximum atomic E-state index is 13.9. The number of carbonyl (C=O) groups excluding carboxylic acids is 2. The Bertz CT molecular complexity index is 1470. The minimum Gasteiger partial charge on any atom is -0.494 e. The van der Waals surface area contributed by atoms with Crippen molar-refractivity contribution < 1.29 is 27.1 Å². The number of halogens is 3. The second-order valence-electron chi connectivity index (χ2n) is 9.47. The third kappa shape index (κ3) is 8.59. The molecule has 42 heavy (non-hydrogen) atoms. The summed E-state index contributed by atoms with van der Waals surface area (Å²) >= 11 is 12.4. The maximum Gasteiger partial charge on any atom is 0.264 e. The molecule has 0 heterocycles. The molecule has 12 heteroatoms. The molecule has 3 rings (SSSR count). The first-order valence-electron chi connectivity index (χ1n) is 13.5. The van der Waals surface area contributed by atoms with Gasteiger partial charge in [-0.2, -0.15) is 0 Å². The van der Waals surface area contributed by atoms with E-state index in [1.54, 1.807) is 26.0 Å². The lowest BCUT2D eigenvalue weighted by molar-refractivity contribution is -0.139. The summed E-state index contributed by atoms with van der Waals surface area (Å²) < 4.78 is 47.9. The van der Waals surface area contributed by atoms with E-state index in [1.165, 1.54) is 47.4 Å². The highest BCUT2D eigenvalue weighted by atomic mass is 35.5. The Hall–Kier alpha value is -3.34. The highest BCUT2D eigenvalue weighted by Crippen LogP contribution is 2.27. The predicted octanol–water partition coefficient (Wildman–Crippen LogP) is 6.06. The molecule has 8 nitrogen and oxygen atoms in total. The first-order valence-corrected chi connectivity index (χ1v) is 15.7. The number of anilines is 1. The molecule has 226 valence electrons. The van der Waals surface area contributed by atoms with Crippen molar-refractivity contribution in [2.75, 3.05) is 24.0 Å². The van der Waals surface area contributed by atoms with Crippen molar-refractivity contribution in [3.63, 3.8) is 0 Å².